The zero-order valence-electron chi connectivity index (χ0n) is 6.85. The zero-order chi connectivity index (χ0) is 11.9. The monoisotopic (exact) mass is 306 g/mol. The average molecular weight is 307 g/mol. The summed E-state index contributed by atoms with van der Waals surface area (Å²) in [7, 11) is -5.66. The predicted molar refractivity (Wildman–Crippen MR) is 47.3 cm³/mol. The number of hydrogen-bond acceptors (Lipinski definition) is 2. The van der Waals surface area contributed by atoms with Crippen molar-refractivity contribution in [3.8, 4) is 0 Å². The Labute approximate surface area is 91.0 Å². The standard InChI is InChI=1S/C7H3BrF4O2S/c8-4-2-1-3-5(9)6(4)15(13,14)7(10,11)12/h1-3H. The third-order valence-corrected chi connectivity index (χ3v) is 3.98. The van der Waals surface area contributed by atoms with Crippen LogP contribution in [0.4, 0.5) is 17.6 Å². The molecule has 0 spiro atoms. The van der Waals surface area contributed by atoms with Crippen LogP contribution >= 0.6 is 15.9 Å². The Kier molecular flexibility index (Phi) is 3.11. The van der Waals surface area contributed by atoms with Crippen molar-refractivity contribution in [2.24, 2.45) is 0 Å². The van der Waals surface area contributed by atoms with Gasteiger partial charge in [0.1, 0.15) is 10.7 Å². The summed E-state index contributed by atoms with van der Waals surface area (Å²) in [6, 6.07) is 2.75. The molecule has 0 aliphatic carbocycles. The molecule has 0 saturated heterocycles. The molecule has 0 bridgehead atoms. The lowest BCUT2D eigenvalue weighted by molar-refractivity contribution is -0.0438. The van der Waals surface area contributed by atoms with Crippen molar-refractivity contribution in [1.82, 2.24) is 0 Å². The Morgan fingerprint density at radius 1 is 1.20 bits per heavy atom. The van der Waals surface area contributed by atoms with Crippen molar-refractivity contribution in [1.29, 1.82) is 0 Å². The van der Waals surface area contributed by atoms with Crippen molar-refractivity contribution in [3.63, 3.8) is 0 Å². The van der Waals surface area contributed by atoms with Gasteiger partial charge in [-0.3, -0.25) is 0 Å². The minimum atomic E-state index is -5.66. The fourth-order valence-corrected chi connectivity index (χ4v) is 2.72. The van der Waals surface area contributed by atoms with E-state index in [1.807, 2.05) is 0 Å². The minimum absolute atomic E-state index is 0.458. The second-order valence-corrected chi connectivity index (χ2v) is 5.23. The Hall–Kier alpha value is -0.630. The molecule has 0 atom stereocenters. The number of rotatable bonds is 1. The van der Waals surface area contributed by atoms with Gasteiger partial charge in [0.05, 0.1) is 0 Å². The van der Waals surface area contributed by atoms with Crippen LogP contribution in [0.1, 0.15) is 0 Å². The molecule has 15 heavy (non-hydrogen) atoms. The highest BCUT2D eigenvalue weighted by Gasteiger charge is 2.49. The normalized spacial score (nSPS) is 12.9. The summed E-state index contributed by atoms with van der Waals surface area (Å²) in [5, 5.41) is 0. The molecule has 0 amide bonds. The first kappa shape index (κ1) is 12.4. The molecule has 1 aromatic rings. The smallest absolute Gasteiger partial charge is 0.214 e. The topological polar surface area (TPSA) is 34.1 Å². The molecule has 1 rings (SSSR count). The molecular formula is C7H3BrF4O2S. The maximum Gasteiger partial charge on any atom is 0.502 e. The van der Waals surface area contributed by atoms with E-state index in [1.165, 1.54) is 0 Å². The van der Waals surface area contributed by atoms with Gasteiger partial charge in [-0.05, 0) is 28.1 Å². The first-order valence-electron chi connectivity index (χ1n) is 3.43. The molecule has 0 aliphatic heterocycles. The summed E-state index contributed by atoms with van der Waals surface area (Å²) in [4.78, 5) is -1.39. The highest BCUT2D eigenvalue weighted by atomic mass is 79.9. The maximum atomic E-state index is 13.0. The quantitative estimate of drug-likeness (QED) is 0.748. The third-order valence-electron chi connectivity index (χ3n) is 1.49. The lowest BCUT2D eigenvalue weighted by atomic mass is 10.3. The van der Waals surface area contributed by atoms with Crippen LogP contribution in [-0.2, 0) is 9.84 Å². The number of halogens is 5. The molecule has 84 valence electrons. The van der Waals surface area contributed by atoms with E-state index in [9.17, 15) is 26.0 Å². The van der Waals surface area contributed by atoms with E-state index in [0.29, 0.717) is 6.07 Å². The second kappa shape index (κ2) is 3.75. The van der Waals surface area contributed by atoms with E-state index in [-0.39, 0.29) is 0 Å². The molecule has 8 heteroatoms. The van der Waals surface area contributed by atoms with Crippen molar-refractivity contribution >= 4 is 25.8 Å². The number of sulfone groups is 1. The Morgan fingerprint density at radius 3 is 2.13 bits per heavy atom. The van der Waals surface area contributed by atoms with Crippen LogP contribution in [0.3, 0.4) is 0 Å². The molecule has 0 fully saturated rings. The minimum Gasteiger partial charge on any atom is -0.214 e. The van der Waals surface area contributed by atoms with Crippen LogP contribution < -0.4 is 0 Å². The summed E-state index contributed by atoms with van der Waals surface area (Å²) in [5.41, 5.74) is -5.52. The Morgan fingerprint density at radius 2 is 1.73 bits per heavy atom. The van der Waals surface area contributed by atoms with Crippen LogP contribution in [0, 0.1) is 5.82 Å². The van der Waals surface area contributed by atoms with E-state index in [1.54, 1.807) is 0 Å². The van der Waals surface area contributed by atoms with Crippen molar-refractivity contribution in [2.45, 2.75) is 10.4 Å². The van der Waals surface area contributed by atoms with Crippen molar-refractivity contribution < 1.29 is 26.0 Å². The van der Waals surface area contributed by atoms with Crippen LogP contribution in [0.15, 0.2) is 27.6 Å². The van der Waals surface area contributed by atoms with Gasteiger partial charge in [0.25, 0.3) is 9.84 Å². The third kappa shape index (κ3) is 2.15. The molecule has 0 N–H and O–H groups in total. The van der Waals surface area contributed by atoms with Gasteiger partial charge in [0.2, 0.25) is 0 Å². The first-order chi connectivity index (χ1) is 6.68. The molecule has 1 aromatic carbocycles. The second-order valence-electron chi connectivity index (χ2n) is 2.50. The Balaban J connectivity index is 3.55. The van der Waals surface area contributed by atoms with E-state index in [0.717, 1.165) is 12.1 Å². The van der Waals surface area contributed by atoms with Gasteiger partial charge in [-0.2, -0.15) is 13.2 Å². The van der Waals surface area contributed by atoms with Crippen LogP contribution in [0.2, 0.25) is 0 Å². The van der Waals surface area contributed by atoms with E-state index in [4.69, 9.17) is 0 Å². The van der Waals surface area contributed by atoms with Gasteiger partial charge in [0, 0.05) is 4.47 Å². The van der Waals surface area contributed by atoms with E-state index in [2.05, 4.69) is 15.9 Å². The molecule has 0 saturated carbocycles. The Bertz CT molecular complexity index is 460. The maximum absolute atomic E-state index is 13.0. The number of benzene rings is 1. The molecule has 0 unspecified atom stereocenters. The van der Waals surface area contributed by atoms with Crippen molar-refractivity contribution in [2.75, 3.05) is 0 Å². The fourth-order valence-electron chi connectivity index (χ4n) is 0.855. The fraction of sp³-hybridized carbons (Fsp3) is 0.143. The molecule has 2 nitrogen and oxygen atoms in total. The van der Waals surface area contributed by atoms with Gasteiger partial charge >= 0.3 is 5.51 Å². The summed E-state index contributed by atoms with van der Waals surface area (Å²) >= 11 is 2.56. The first-order valence-corrected chi connectivity index (χ1v) is 5.71. The predicted octanol–water partition coefficient (Wildman–Crippen LogP) is 2.88. The number of hydrogen-bond donors (Lipinski definition) is 0. The highest BCUT2D eigenvalue weighted by molar-refractivity contribution is 9.10. The molecule has 0 radical (unpaired) electrons. The lowest BCUT2D eigenvalue weighted by Gasteiger charge is -2.10. The summed E-state index contributed by atoms with van der Waals surface area (Å²) < 4.78 is 70.6. The van der Waals surface area contributed by atoms with E-state index < -0.39 is 30.5 Å². The zero-order valence-corrected chi connectivity index (χ0v) is 9.25. The van der Waals surface area contributed by atoms with Crippen LogP contribution in [-0.4, -0.2) is 13.9 Å². The summed E-state index contributed by atoms with van der Waals surface area (Å²) in [6.07, 6.45) is 0. The summed E-state index contributed by atoms with van der Waals surface area (Å²) in [5.74, 6) is -1.44. The van der Waals surface area contributed by atoms with E-state index >= 15 is 0 Å². The van der Waals surface area contributed by atoms with Gasteiger partial charge in [-0.25, -0.2) is 12.8 Å². The largest absolute Gasteiger partial charge is 0.502 e. The summed E-state index contributed by atoms with van der Waals surface area (Å²) in [6.45, 7) is 0. The molecule has 0 aromatic heterocycles. The highest BCUT2D eigenvalue weighted by Crippen LogP contribution is 2.35. The van der Waals surface area contributed by atoms with Gasteiger partial charge in [0.15, 0.2) is 0 Å². The molecule has 0 aliphatic rings. The van der Waals surface area contributed by atoms with Crippen LogP contribution in [0.5, 0.6) is 0 Å². The molecule has 0 heterocycles. The lowest BCUT2D eigenvalue weighted by Crippen LogP contribution is -2.24. The SMILES string of the molecule is O=S(=O)(c1c(F)cccc1Br)C(F)(F)F. The average Bonchev–Trinajstić information content (AvgIpc) is 2.00. The van der Waals surface area contributed by atoms with Crippen LogP contribution in [0.25, 0.3) is 0 Å². The van der Waals surface area contributed by atoms with Gasteiger partial charge < -0.3 is 0 Å². The number of alkyl halides is 3. The molecular weight excluding hydrogens is 304 g/mol. The van der Waals surface area contributed by atoms with Gasteiger partial charge in [-0.15, -0.1) is 0 Å². The van der Waals surface area contributed by atoms with Gasteiger partial charge in [-0.1, -0.05) is 6.07 Å². The van der Waals surface area contributed by atoms with Crippen molar-refractivity contribution in [3.05, 3.63) is 28.5 Å².